The zero-order chi connectivity index (χ0) is 15.8. The molecule has 0 spiro atoms. The van der Waals surface area contributed by atoms with Crippen molar-refractivity contribution in [1.29, 1.82) is 0 Å². The average Bonchev–Trinajstić information content (AvgIpc) is 2.36. The molecule has 0 fully saturated rings. The van der Waals surface area contributed by atoms with Gasteiger partial charge in [-0.2, -0.15) is 0 Å². The molecule has 0 saturated carbocycles. The second-order valence-corrected chi connectivity index (χ2v) is 7.48. The van der Waals surface area contributed by atoms with E-state index in [9.17, 15) is 12.8 Å². The molecule has 112 valence electrons. The van der Waals surface area contributed by atoms with Crippen LogP contribution in [0.15, 0.2) is 39.7 Å². The lowest BCUT2D eigenvalue weighted by Gasteiger charge is -2.12. The minimum atomic E-state index is -3.49. The molecule has 0 bridgehead atoms. The Morgan fingerprint density at radius 2 is 1.95 bits per heavy atom. The van der Waals surface area contributed by atoms with Crippen molar-refractivity contribution in [1.82, 2.24) is 0 Å². The van der Waals surface area contributed by atoms with Crippen molar-refractivity contribution in [2.75, 3.05) is 12.0 Å². The Bertz CT molecular complexity index is 811. The summed E-state index contributed by atoms with van der Waals surface area (Å²) in [5, 5.41) is -0.0629. The van der Waals surface area contributed by atoms with Crippen molar-refractivity contribution in [3.8, 4) is 11.5 Å². The lowest BCUT2D eigenvalue weighted by molar-refractivity contribution is 0.474. The Kier molecular flexibility index (Phi) is 4.46. The van der Waals surface area contributed by atoms with E-state index in [-0.39, 0.29) is 27.1 Å². The summed E-state index contributed by atoms with van der Waals surface area (Å²) in [6, 6.07) is 6.77. The monoisotopic (exact) mass is 393 g/mol. The van der Waals surface area contributed by atoms with Gasteiger partial charge in [0.05, 0.1) is 20.1 Å². The topological polar surface area (TPSA) is 69.4 Å². The third-order valence-electron chi connectivity index (χ3n) is 2.62. The Hall–Kier alpha value is -1.31. The first-order valence-electron chi connectivity index (χ1n) is 5.61. The van der Waals surface area contributed by atoms with Gasteiger partial charge >= 0.3 is 0 Å². The molecule has 21 heavy (non-hydrogen) atoms. The maximum Gasteiger partial charge on any atom is 0.177 e. The SMILES string of the molecule is CS(=O)(=O)c1cccc(Oc2cc(F)c(Cl)cc2Br)c1N. The highest BCUT2D eigenvalue weighted by Gasteiger charge is 2.17. The van der Waals surface area contributed by atoms with Crippen LogP contribution in [0.1, 0.15) is 0 Å². The fourth-order valence-corrected chi connectivity index (χ4v) is 3.18. The summed E-state index contributed by atoms with van der Waals surface area (Å²) in [5.41, 5.74) is 5.76. The van der Waals surface area contributed by atoms with Crippen LogP contribution in [-0.2, 0) is 9.84 Å². The van der Waals surface area contributed by atoms with E-state index < -0.39 is 15.7 Å². The number of nitrogen functional groups attached to an aromatic ring is 1. The van der Waals surface area contributed by atoms with Gasteiger partial charge in [0.1, 0.15) is 11.6 Å². The summed E-state index contributed by atoms with van der Waals surface area (Å²) >= 11 is 8.83. The second kappa shape index (κ2) is 5.82. The zero-order valence-corrected chi connectivity index (χ0v) is 13.9. The molecule has 0 atom stereocenters. The number of anilines is 1. The molecule has 0 heterocycles. The van der Waals surface area contributed by atoms with Crippen LogP contribution in [0.25, 0.3) is 0 Å². The molecule has 4 nitrogen and oxygen atoms in total. The predicted octanol–water partition coefficient (Wildman–Crippen LogP) is 4.02. The van der Waals surface area contributed by atoms with Gasteiger partial charge in [0.15, 0.2) is 15.6 Å². The quantitative estimate of drug-likeness (QED) is 0.630. The fourth-order valence-electron chi connectivity index (χ4n) is 1.64. The third-order valence-corrected chi connectivity index (χ3v) is 4.68. The average molecular weight is 395 g/mol. The minimum Gasteiger partial charge on any atom is -0.454 e. The summed E-state index contributed by atoms with van der Waals surface area (Å²) in [6.07, 6.45) is 1.04. The highest BCUT2D eigenvalue weighted by atomic mass is 79.9. The highest BCUT2D eigenvalue weighted by Crippen LogP contribution is 2.37. The van der Waals surface area contributed by atoms with Crippen LogP contribution in [0.4, 0.5) is 10.1 Å². The zero-order valence-electron chi connectivity index (χ0n) is 10.7. The maximum atomic E-state index is 13.5. The van der Waals surface area contributed by atoms with Gasteiger partial charge in [-0.25, -0.2) is 12.8 Å². The fraction of sp³-hybridized carbons (Fsp3) is 0.0769. The van der Waals surface area contributed by atoms with Crippen molar-refractivity contribution in [3.05, 3.63) is 45.6 Å². The summed E-state index contributed by atoms with van der Waals surface area (Å²) in [6.45, 7) is 0. The van der Waals surface area contributed by atoms with E-state index in [4.69, 9.17) is 22.1 Å². The molecule has 2 aromatic rings. The second-order valence-electron chi connectivity index (χ2n) is 4.24. The lowest BCUT2D eigenvalue weighted by Crippen LogP contribution is -2.04. The summed E-state index contributed by atoms with van der Waals surface area (Å²) in [4.78, 5) is -0.0504. The number of para-hydroxylation sites is 1. The van der Waals surface area contributed by atoms with Gasteiger partial charge in [0, 0.05) is 12.3 Å². The van der Waals surface area contributed by atoms with Crippen molar-refractivity contribution < 1.29 is 17.5 Å². The number of ether oxygens (including phenoxy) is 1. The molecule has 0 saturated heterocycles. The first kappa shape index (κ1) is 16.1. The van der Waals surface area contributed by atoms with Crippen LogP contribution in [-0.4, -0.2) is 14.7 Å². The number of hydrogen-bond donors (Lipinski definition) is 1. The first-order chi connectivity index (χ1) is 9.70. The van der Waals surface area contributed by atoms with Gasteiger partial charge in [-0.15, -0.1) is 0 Å². The molecular weight excluding hydrogens is 385 g/mol. The van der Waals surface area contributed by atoms with Crippen molar-refractivity contribution >= 4 is 43.1 Å². The molecule has 2 rings (SSSR count). The molecule has 0 unspecified atom stereocenters. The van der Waals surface area contributed by atoms with Crippen LogP contribution < -0.4 is 10.5 Å². The van der Waals surface area contributed by atoms with Crippen LogP contribution in [0, 0.1) is 5.82 Å². The van der Waals surface area contributed by atoms with Crippen LogP contribution in [0.2, 0.25) is 5.02 Å². The van der Waals surface area contributed by atoms with E-state index >= 15 is 0 Å². The van der Waals surface area contributed by atoms with Crippen LogP contribution in [0.5, 0.6) is 11.5 Å². The van der Waals surface area contributed by atoms with E-state index in [1.807, 2.05) is 0 Å². The third kappa shape index (κ3) is 3.48. The summed E-state index contributed by atoms with van der Waals surface area (Å²) in [7, 11) is -3.49. The van der Waals surface area contributed by atoms with Gasteiger partial charge in [-0.1, -0.05) is 17.7 Å². The van der Waals surface area contributed by atoms with Crippen LogP contribution in [0.3, 0.4) is 0 Å². The molecule has 2 N–H and O–H groups in total. The van der Waals surface area contributed by atoms with Crippen LogP contribution >= 0.6 is 27.5 Å². The number of sulfone groups is 1. The first-order valence-corrected chi connectivity index (χ1v) is 8.67. The molecule has 8 heteroatoms. The van der Waals surface area contributed by atoms with E-state index in [1.165, 1.54) is 24.3 Å². The molecule has 0 aliphatic carbocycles. The van der Waals surface area contributed by atoms with Gasteiger partial charge in [-0.3, -0.25) is 0 Å². The molecule has 2 aromatic carbocycles. The predicted molar refractivity (Wildman–Crippen MR) is 83.1 cm³/mol. The molecule has 0 amide bonds. The molecule has 0 aliphatic rings. The van der Waals surface area contributed by atoms with Crippen molar-refractivity contribution in [2.24, 2.45) is 0 Å². The number of benzene rings is 2. The van der Waals surface area contributed by atoms with Gasteiger partial charge < -0.3 is 10.5 Å². The number of nitrogens with two attached hydrogens (primary N) is 1. The van der Waals surface area contributed by atoms with Crippen molar-refractivity contribution in [3.63, 3.8) is 0 Å². The van der Waals surface area contributed by atoms with E-state index in [1.54, 1.807) is 0 Å². The standard InChI is InChI=1S/C13H10BrClFNO3S/c1-21(18,19)12-4-2-3-10(13(12)17)20-11-6-9(16)8(15)5-7(11)14/h2-6H,17H2,1H3. The lowest BCUT2D eigenvalue weighted by atomic mass is 10.3. The Morgan fingerprint density at radius 3 is 2.57 bits per heavy atom. The molecule has 0 radical (unpaired) electrons. The smallest absolute Gasteiger partial charge is 0.177 e. The number of rotatable bonds is 3. The highest BCUT2D eigenvalue weighted by molar-refractivity contribution is 9.10. The van der Waals surface area contributed by atoms with Gasteiger partial charge in [0.25, 0.3) is 0 Å². The van der Waals surface area contributed by atoms with Gasteiger partial charge in [-0.05, 0) is 34.1 Å². The summed E-state index contributed by atoms with van der Waals surface area (Å²) < 4.78 is 42.6. The largest absolute Gasteiger partial charge is 0.454 e. The van der Waals surface area contributed by atoms with E-state index in [2.05, 4.69) is 15.9 Å². The van der Waals surface area contributed by atoms with E-state index in [0.29, 0.717) is 4.47 Å². The molecule has 0 aromatic heterocycles. The minimum absolute atomic E-state index is 0.0396. The maximum absolute atomic E-state index is 13.5. The molecule has 0 aliphatic heterocycles. The molecular formula is C13H10BrClFNO3S. The number of halogens is 3. The van der Waals surface area contributed by atoms with Gasteiger partial charge in [0.2, 0.25) is 0 Å². The number of hydrogen-bond acceptors (Lipinski definition) is 4. The Labute approximate surface area is 134 Å². The van der Waals surface area contributed by atoms with E-state index in [0.717, 1.165) is 12.3 Å². The Morgan fingerprint density at radius 1 is 1.29 bits per heavy atom. The normalized spacial score (nSPS) is 11.4. The van der Waals surface area contributed by atoms with Crippen molar-refractivity contribution in [2.45, 2.75) is 4.90 Å². The Balaban J connectivity index is 2.49. The summed E-state index contributed by atoms with van der Waals surface area (Å²) in [5.74, 6) is -0.415.